The maximum absolute atomic E-state index is 12.2. The summed E-state index contributed by atoms with van der Waals surface area (Å²) in [4.78, 5) is 14.3. The molecule has 1 aromatic rings. The number of ketones is 1. The van der Waals surface area contributed by atoms with E-state index in [0.717, 1.165) is 32.4 Å². The Morgan fingerprint density at radius 3 is 2.68 bits per heavy atom. The number of hydrogen-bond acceptors (Lipinski definition) is 3. The average molecular weight is 282 g/mol. The first-order chi connectivity index (χ1) is 8.96. The maximum atomic E-state index is 12.2. The first-order valence-corrected chi connectivity index (χ1v) is 7.08. The van der Waals surface area contributed by atoms with Crippen molar-refractivity contribution < 1.29 is 9.90 Å². The Morgan fingerprint density at radius 1 is 1.32 bits per heavy atom. The largest absolute Gasteiger partial charge is 0.390 e. The van der Waals surface area contributed by atoms with Crippen molar-refractivity contribution in [3.63, 3.8) is 0 Å². The molecule has 1 unspecified atom stereocenters. The van der Waals surface area contributed by atoms with Gasteiger partial charge in [-0.15, -0.1) is 0 Å². The first kappa shape index (κ1) is 14.5. The van der Waals surface area contributed by atoms with E-state index < -0.39 is 5.60 Å². The summed E-state index contributed by atoms with van der Waals surface area (Å²) in [6.45, 7) is 3.93. The van der Waals surface area contributed by atoms with Gasteiger partial charge in [-0.05, 0) is 57.0 Å². The van der Waals surface area contributed by atoms with Gasteiger partial charge in [0.1, 0.15) is 0 Å². The van der Waals surface area contributed by atoms with Gasteiger partial charge >= 0.3 is 0 Å². The minimum absolute atomic E-state index is 0.109. The van der Waals surface area contributed by atoms with Crippen LogP contribution in [0.4, 0.5) is 0 Å². The zero-order valence-corrected chi connectivity index (χ0v) is 12.0. The number of halogens is 1. The van der Waals surface area contributed by atoms with Gasteiger partial charge in [-0.3, -0.25) is 9.69 Å². The molecule has 0 bridgehead atoms. The molecule has 19 heavy (non-hydrogen) atoms. The van der Waals surface area contributed by atoms with E-state index in [1.54, 1.807) is 24.3 Å². The molecule has 0 aromatic heterocycles. The molecule has 1 atom stereocenters. The highest BCUT2D eigenvalue weighted by molar-refractivity contribution is 6.30. The second-order valence-corrected chi connectivity index (χ2v) is 5.99. The summed E-state index contributed by atoms with van der Waals surface area (Å²) in [7, 11) is 0. The van der Waals surface area contributed by atoms with Gasteiger partial charge in [0.05, 0.1) is 12.1 Å². The SMILES string of the molecule is CC1(O)CCCN(CC(=O)c2ccc(Cl)cc2)CC1. The van der Waals surface area contributed by atoms with Gasteiger partial charge in [0.2, 0.25) is 0 Å². The predicted molar refractivity (Wildman–Crippen MR) is 76.7 cm³/mol. The fraction of sp³-hybridized carbons (Fsp3) is 0.533. The second kappa shape index (κ2) is 6.04. The van der Waals surface area contributed by atoms with Crippen LogP contribution in [0.25, 0.3) is 0 Å². The fourth-order valence-electron chi connectivity index (χ4n) is 2.41. The van der Waals surface area contributed by atoms with Crippen molar-refractivity contribution in [1.29, 1.82) is 0 Å². The molecule has 0 spiro atoms. The molecule has 1 N–H and O–H groups in total. The van der Waals surface area contributed by atoms with Crippen molar-refractivity contribution in [2.75, 3.05) is 19.6 Å². The molecule has 0 aliphatic carbocycles. The lowest BCUT2D eigenvalue weighted by molar-refractivity contribution is 0.0444. The number of Topliss-reactive ketones (excluding diaryl/α,β-unsaturated/α-hetero) is 1. The van der Waals surface area contributed by atoms with Crippen LogP contribution in [0.1, 0.15) is 36.5 Å². The summed E-state index contributed by atoms with van der Waals surface area (Å²) >= 11 is 5.81. The number of carbonyl (C=O) groups is 1. The van der Waals surface area contributed by atoms with E-state index in [9.17, 15) is 9.90 Å². The van der Waals surface area contributed by atoms with Gasteiger partial charge < -0.3 is 5.11 Å². The van der Waals surface area contributed by atoms with E-state index in [0.29, 0.717) is 17.1 Å². The van der Waals surface area contributed by atoms with Gasteiger partial charge in [0, 0.05) is 17.1 Å². The summed E-state index contributed by atoms with van der Waals surface area (Å²) in [5.41, 5.74) is 0.110. The number of aliphatic hydroxyl groups is 1. The molecule has 3 nitrogen and oxygen atoms in total. The Bertz CT molecular complexity index is 442. The molecule has 4 heteroatoms. The lowest BCUT2D eigenvalue weighted by Crippen LogP contribution is -2.32. The summed E-state index contributed by atoms with van der Waals surface area (Å²) in [5.74, 6) is 0.109. The van der Waals surface area contributed by atoms with Crippen LogP contribution in [0.2, 0.25) is 5.02 Å². The van der Waals surface area contributed by atoms with E-state index in [1.807, 2.05) is 6.92 Å². The summed E-state index contributed by atoms with van der Waals surface area (Å²) < 4.78 is 0. The quantitative estimate of drug-likeness (QED) is 0.866. The fourth-order valence-corrected chi connectivity index (χ4v) is 2.53. The second-order valence-electron chi connectivity index (χ2n) is 5.56. The van der Waals surface area contributed by atoms with Crippen LogP contribution in [0.15, 0.2) is 24.3 Å². The van der Waals surface area contributed by atoms with Crippen LogP contribution in [-0.2, 0) is 0 Å². The molecule has 0 amide bonds. The molecule has 0 saturated carbocycles. The van der Waals surface area contributed by atoms with E-state index in [2.05, 4.69) is 4.90 Å². The maximum Gasteiger partial charge on any atom is 0.176 e. The van der Waals surface area contributed by atoms with Crippen LogP contribution < -0.4 is 0 Å². The van der Waals surface area contributed by atoms with E-state index in [4.69, 9.17) is 11.6 Å². The third-order valence-electron chi connectivity index (χ3n) is 3.69. The first-order valence-electron chi connectivity index (χ1n) is 6.70. The predicted octanol–water partition coefficient (Wildman–Crippen LogP) is 2.76. The molecular weight excluding hydrogens is 262 g/mol. The highest BCUT2D eigenvalue weighted by atomic mass is 35.5. The van der Waals surface area contributed by atoms with Crippen molar-refractivity contribution in [2.24, 2.45) is 0 Å². The minimum Gasteiger partial charge on any atom is -0.390 e. The summed E-state index contributed by atoms with van der Waals surface area (Å²) in [6.07, 6.45) is 2.46. The Balaban J connectivity index is 1.93. The lowest BCUT2D eigenvalue weighted by Gasteiger charge is -2.21. The highest BCUT2D eigenvalue weighted by Crippen LogP contribution is 2.21. The normalized spacial score (nSPS) is 25.0. The monoisotopic (exact) mass is 281 g/mol. The van der Waals surface area contributed by atoms with Gasteiger partial charge in [0.25, 0.3) is 0 Å². The van der Waals surface area contributed by atoms with Crippen molar-refractivity contribution >= 4 is 17.4 Å². The molecule has 1 fully saturated rings. The molecule has 1 heterocycles. The molecule has 1 saturated heterocycles. The van der Waals surface area contributed by atoms with Gasteiger partial charge in [0.15, 0.2) is 5.78 Å². The number of likely N-dealkylation sites (tertiary alicyclic amines) is 1. The van der Waals surface area contributed by atoms with Crippen LogP contribution in [0.5, 0.6) is 0 Å². The molecule has 1 aromatic carbocycles. The zero-order chi connectivity index (χ0) is 13.9. The van der Waals surface area contributed by atoms with E-state index in [-0.39, 0.29) is 5.78 Å². The van der Waals surface area contributed by atoms with Gasteiger partial charge in [-0.1, -0.05) is 11.6 Å². The third kappa shape index (κ3) is 4.30. The van der Waals surface area contributed by atoms with Gasteiger partial charge in [-0.25, -0.2) is 0 Å². The Hall–Kier alpha value is -0.900. The topological polar surface area (TPSA) is 40.5 Å². The third-order valence-corrected chi connectivity index (χ3v) is 3.94. The van der Waals surface area contributed by atoms with E-state index in [1.165, 1.54) is 0 Å². The standard InChI is InChI=1S/C15H20ClNO2/c1-15(19)7-2-9-17(10-8-15)11-14(18)12-3-5-13(16)6-4-12/h3-6,19H,2,7-11H2,1H3. The Morgan fingerprint density at radius 2 is 2.00 bits per heavy atom. The molecule has 0 radical (unpaired) electrons. The smallest absolute Gasteiger partial charge is 0.176 e. The lowest BCUT2D eigenvalue weighted by atomic mass is 9.98. The van der Waals surface area contributed by atoms with Crippen LogP contribution in [0.3, 0.4) is 0 Å². The van der Waals surface area contributed by atoms with Crippen molar-refractivity contribution in [2.45, 2.75) is 31.8 Å². The van der Waals surface area contributed by atoms with E-state index >= 15 is 0 Å². The molecule has 1 aliphatic heterocycles. The molecule has 2 rings (SSSR count). The van der Waals surface area contributed by atoms with Crippen LogP contribution in [0, 0.1) is 0 Å². The Labute approximate surface area is 119 Å². The number of benzene rings is 1. The van der Waals surface area contributed by atoms with Crippen molar-refractivity contribution in [3.8, 4) is 0 Å². The number of carbonyl (C=O) groups excluding carboxylic acids is 1. The number of rotatable bonds is 3. The van der Waals surface area contributed by atoms with Gasteiger partial charge in [-0.2, -0.15) is 0 Å². The van der Waals surface area contributed by atoms with Crippen molar-refractivity contribution in [3.05, 3.63) is 34.9 Å². The van der Waals surface area contributed by atoms with Crippen LogP contribution in [-0.4, -0.2) is 41.0 Å². The van der Waals surface area contributed by atoms with Crippen molar-refractivity contribution in [1.82, 2.24) is 4.90 Å². The Kier molecular flexibility index (Phi) is 4.61. The number of hydrogen-bond donors (Lipinski definition) is 1. The average Bonchev–Trinajstić information content (AvgIpc) is 2.52. The highest BCUT2D eigenvalue weighted by Gasteiger charge is 2.25. The number of nitrogens with zero attached hydrogens (tertiary/aromatic N) is 1. The minimum atomic E-state index is -0.585. The van der Waals surface area contributed by atoms with Crippen LogP contribution >= 0.6 is 11.6 Å². The molecular formula is C15H20ClNO2. The molecule has 1 aliphatic rings. The summed E-state index contributed by atoms with van der Waals surface area (Å²) in [5, 5.41) is 10.7. The zero-order valence-electron chi connectivity index (χ0n) is 11.2. The molecule has 104 valence electrons. The summed E-state index contributed by atoms with van der Waals surface area (Å²) in [6, 6.07) is 7.00.